The van der Waals surface area contributed by atoms with Crippen LogP contribution in [0.3, 0.4) is 0 Å². The van der Waals surface area contributed by atoms with Gasteiger partial charge in [-0.1, -0.05) is 0 Å². The first-order chi connectivity index (χ1) is 11.8. The zero-order valence-electron chi connectivity index (χ0n) is 13.5. The van der Waals surface area contributed by atoms with Crippen LogP contribution < -0.4 is 4.90 Å². The Morgan fingerprint density at radius 3 is 2.54 bits per heavy atom. The second-order valence-corrected chi connectivity index (χ2v) is 7.02. The number of nitrogens with zero attached hydrogens (tertiary/aromatic N) is 3. The monoisotopic (exact) mass is 321 g/mol. The van der Waals surface area contributed by atoms with Crippen LogP contribution in [0.5, 0.6) is 0 Å². The Morgan fingerprint density at radius 2 is 1.75 bits per heavy atom. The Balaban J connectivity index is 1.52. The van der Waals surface area contributed by atoms with Crippen molar-refractivity contribution in [1.29, 1.82) is 0 Å². The summed E-state index contributed by atoms with van der Waals surface area (Å²) in [5, 5.41) is 5.64. The van der Waals surface area contributed by atoms with Crippen molar-refractivity contribution in [3.63, 3.8) is 0 Å². The number of fused-ring (bicyclic) bond motifs is 1. The van der Waals surface area contributed by atoms with Gasteiger partial charge >= 0.3 is 0 Å². The number of anilines is 1. The summed E-state index contributed by atoms with van der Waals surface area (Å²) in [6, 6.07) is 13.8. The zero-order valence-corrected chi connectivity index (χ0v) is 13.5. The van der Waals surface area contributed by atoms with Gasteiger partial charge in [-0.2, -0.15) is 5.10 Å². The highest BCUT2D eigenvalue weighted by atomic mass is 19.1. The van der Waals surface area contributed by atoms with Crippen LogP contribution in [-0.4, -0.2) is 22.4 Å². The predicted octanol–water partition coefficient (Wildman–Crippen LogP) is 4.54. The molecule has 0 bridgehead atoms. The van der Waals surface area contributed by atoms with E-state index in [1.54, 1.807) is 12.1 Å². The summed E-state index contributed by atoms with van der Waals surface area (Å²) >= 11 is 0. The fraction of sp³-hybridized carbons (Fsp3) is 0.350. The van der Waals surface area contributed by atoms with Crippen molar-refractivity contribution in [2.45, 2.75) is 31.7 Å². The second kappa shape index (κ2) is 5.33. The quantitative estimate of drug-likeness (QED) is 0.706. The molecule has 0 spiro atoms. The summed E-state index contributed by atoms with van der Waals surface area (Å²) in [6.45, 7) is 1.17. The van der Waals surface area contributed by atoms with Gasteiger partial charge in [-0.25, -0.2) is 9.07 Å². The van der Waals surface area contributed by atoms with Gasteiger partial charge in [-0.05, 0) is 74.1 Å². The van der Waals surface area contributed by atoms with Crippen LogP contribution in [0.15, 0.2) is 48.7 Å². The molecule has 1 aliphatic heterocycles. The van der Waals surface area contributed by atoms with Crippen LogP contribution >= 0.6 is 0 Å². The summed E-state index contributed by atoms with van der Waals surface area (Å²) in [6.07, 6.45) is 7.33. The van der Waals surface area contributed by atoms with Crippen LogP contribution in [0.25, 0.3) is 16.6 Å². The van der Waals surface area contributed by atoms with Gasteiger partial charge in [0.2, 0.25) is 0 Å². The topological polar surface area (TPSA) is 21.1 Å². The third-order valence-electron chi connectivity index (χ3n) is 5.42. The molecule has 1 aliphatic carbocycles. The van der Waals surface area contributed by atoms with Crippen molar-refractivity contribution >= 4 is 16.6 Å². The van der Waals surface area contributed by atoms with E-state index < -0.39 is 0 Å². The van der Waals surface area contributed by atoms with Gasteiger partial charge < -0.3 is 4.90 Å². The van der Waals surface area contributed by atoms with Crippen molar-refractivity contribution in [3.8, 4) is 5.69 Å². The van der Waals surface area contributed by atoms with Gasteiger partial charge in [0.25, 0.3) is 0 Å². The fourth-order valence-electron chi connectivity index (χ4n) is 4.07. The van der Waals surface area contributed by atoms with E-state index in [1.165, 1.54) is 50.0 Å². The maximum absolute atomic E-state index is 13.1. The average molecular weight is 321 g/mol. The lowest BCUT2D eigenvalue weighted by Gasteiger charge is -2.27. The van der Waals surface area contributed by atoms with E-state index in [4.69, 9.17) is 0 Å². The molecule has 3 nitrogen and oxygen atoms in total. The molecule has 122 valence electrons. The predicted molar refractivity (Wildman–Crippen MR) is 94.1 cm³/mol. The molecule has 0 N–H and O–H groups in total. The molecule has 0 radical (unpaired) electrons. The lowest BCUT2D eigenvalue weighted by atomic mass is 10.1. The van der Waals surface area contributed by atoms with Crippen molar-refractivity contribution < 1.29 is 4.39 Å². The largest absolute Gasteiger partial charge is 0.368 e. The number of rotatable bonds is 3. The van der Waals surface area contributed by atoms with E-state index in [1.807, 2.05) is 10.9 Å². The van der Waals surface area contributed by atoms with Gasteiger partial charge in [0.1, 0.15) is 5.82 Å². The minimum atomic E-state index is -0.224. The highest BCUT2D eigenvalue weighted by Gasteiger charge is 2.38. The number of halogens is 1. The molecule has 24 heavy (non-hydrogen) atoms. The van der Waals surface area contributed by atoms with Crippen LogP contribution in [0.2, 0.25) is 0 Å². The first-order valence-electron chi connectivity index (χ1n) is 8.80. The molecule has 2 aromatic carbocycles. The fourth-order valence-corrected chi connectivity index (χ4v) is 4.07. The van der Waals surface area contributed by atoms with E-state index in [9.17, 15) is 4.39 Å². The third-order valence-corrected chi connectivity index (χ3v) is 5.42. The maximum Gasteiger partial charge on any atom is 0.123 e. The first-order valence-corrected chi connectivity index (χ1v) is 8.80. The summed E-state index contributed by atoms with van der Waals surface area (Å²) in [5.41, 5.74) is 3.26. The summed E-state index contributed by atoms with van der Waals surface area (Å²) < 4.78 is 15.0. The molecule has 1 unspecified atom stereocenters. The Bertz CT molecular complexity index is 880. The molecule has 4 heteroatoms. The zero-order chi connectivity index (χ0) is 16.1. The molecule has 5 rings (SSSR count). The lowest BCUT2D eigenvalue weighted by molar-refractivity contribution is 0.592. The van der Waals surface area contributed by atoms with Gasteiger partial charge in [0.05, 0.1) is 17.4 Å². The van der Waals surface area contributed by atoms with Crippen LogP contribution in [-0.2, 0) is 0 Å². The van der Waals surface area contributed by atoms with Crippen molar-refractivity contribution in [2.24, 2.45) is 5.92 Å². The van der Waals surface area contributed by atoms with Crippen molar-refractivity contribution in [3.05, 3.63) is 54.5 Å². The Hall–Kier alpha value is -2.36. The number of benzene rings is 2. The van der Waals surface area contributed by atoms with Crippen molar-refractivity contribution in [1.82, 2.24) is 9.78 Å². The second-order valence-electron chi connectivity index (χ2n) is 7.02. The highest BCUT2D eigenvalue weighted by molar-refractivity contribution is 5.84. The molecule has 1 atom stereocenters. The SMILES string of the molecule is Fc1ccc(-n2ncc3cc(N4CCCC4C4CC4)ccc32)cc1. The standard InChI is InChI=1S/C20H20FN3/c21-16-5-7-17(8-6-16)24-20-10-9-18(12-15(20)13-22-24)23-11-1-2-19(23)14-3-4-14/h5-10,12-14,19H,1-4,11H2. The smallest absolute Gasteiger partial charge is 0.123 e. The molecular weight excluding hydrogens is 301 g/mol. The maximum atomic E-state index is 13.1. The van der Waals surface area contributed by atoms with E-state index in [0.29, 0.717) is 0 Å². The molecule has 2 fully saturated rings. The third kappa shape index (κ3) is 2.29. The van der Waals surface area contributed by atoms with E-state index in [-0.39, 0.29) is 5.82 Å². The number of hydrogen-bond donors (Lipinski definition) is 0. The summed E-state index contributed by atoms with van der Waals surface area (Å²) in [7, 11) is 0. The Morgan fingerprint density at radius 1 is 0.958 bits per heavy atom. The van der Waals surface area contributed by atoms with Gasteiger partial charge in [0.15, 0.2) is 0 Å². The molecule has 2 heterocycles. The highest BCUT2D eigenvalue weighted by Crippen LogP contribution is 2.42. The molecule has 3 aromatic rings. The molecule has 1 saturated carbocycles. The summed E-state index contributed by atoms with van der Waals surface area (Å²) in [5.74, 6) is 0.683. The van der Waals surface area contributed by atoms with E-state index in [2.05, 4.69) is 28.2 Å². The minimum Gasteiger partial charge on any atom is -0.368 e. The van der Waals surface area contributed by atoms with Crippen LogP contribution in [0.4, 0.5) is 10.1 Å². The molecule has 1 saturated heterocycles. The average Bonchev–Trinajstić information content (AvgIpc) is 3.18. The van der Waals surface area contributed by atoms with Crippen LogP contribution in [0, 0.1) is 11.7 Å². The molecule has 1 aromatic heterocycles. The molecular formula is C20H20FN3. The molecule has 2 aliphatic rings. The van der Waals surface area contributed by atoms with Gasteiger partial charge in [-0.15, -0.1) is 0 Å². The van der Waals surface area contributed by atoms with E-state index >= 15 is 0 Å². The normalized spacial score (nSPS) is 20.9. The molecule has 0 amide bonds. The van der Waals surface area contributed by atoms with Gasteiger partial charge in [-0.3, -0.25) is 0 Å². The Labute approximate surface area is 140 Å². The summed E-state index contributed by atoms with van der Waals surface area (Å²) in [4.78, 5) is 2.59. The number of aromatic nitrogens is 2. The number of hydrogen-bond acceptors (Lipinski definition) is 2. The van der Waals surface area contributed by atoms with Crippen LogP contribution in [0.1, 0.15) is 25.7 Å². The Kier molecular flexibility index (Phi) is 3.12. The first kappa shape index (κ1) is 14.0. The van der Waals surface area contributed by atoms with E-state index in [0.717, 1.165) is 28.6 Å². The van der Waals surface area contributed by atoms with Crippen molar-refractivity contribution in [2.75, 3.05) is 11.4 Å². The minimum absolute atomic E-state index is 0.224. The van der Waals surface area contributed by atoms with Gasteiger partial charge in [0, 0.05) is 23.7 Å². The lowest BCUT2D eigenvalue weighted by Crippen LogP contribution is -2.30.